The van der Waals surface area contributed by atoms with Crippen LogP contribution in [0.2, 0.25) is 0 Å². The SMILES string of the molecule is CCC[C@H](N)C(=O)N(Cc1ccccc1)C(C)C. The number of amides is 1. The molecule has 3 heteroatoms. The standard InChI is InChI=1S/C15H24N2O/c1-4-8-14(16)15(18)17(12(2)3)11-13-9-6-5-7-10-13/h5-7,9-10,12,14H,4,8,11,16H2,1-3H3/t14-/m0/s1. The molecule has 0 saturated heterocycles. The number of nitrogens with zero attached hydrogens (tertiary/aromatic N) is 1. The van der Waals surface area contributed by atoms with Crippen molar-refractivity contribution >= 4 is 5.91 Å². The lowest BCUT2D eigenvalue weighted by Crippen LogP contribution is -2.46. The van der Waals surface area contributed by atoms with Gasteiger partial charge in [0.15, 0.2) is 0 Å². The summed E-state index contributed by atoms with van der Waals surface area (Å²) in [5.41, 5.74) is 7.07. The fourth-order valence-electron chi connectivity index (χ4n) is 1.94. The largest absolute Gasteiger partial charge is 0.335 e. The van der Waals surface area contributed by atoms with E-state index in [-0.39, 0.29) is 18.0 Å². The van der Waals surface area contributed by atoms with E-state index in [2.05, 4.69) is 0 Å². The van der Waals surface area contributed by atoms with Crippen molar-refractivity contribution in [1.82, 2.24) is 4.90 Å². The Morgan fingerprint density at radius 1 is 1.28 bits per heavy atom. The quantitative estimate of drug-likeness (QED) is 0.841. The number of carbonyl (C=O) groups excluding carboxylic acids is 1. The lowest BCUT2D eigenvalue weighted by atomic mass is 10.1. The number of hydrogen-bond donors (Lipinski definition) is 1. The van der Waals surface area contributed by atoms with Crippen molar-refractivity contribution in [3.05, 3.63) is 35.9 Å². The molecule has 0 aliphatic rings. The molecule has 3 nitrogen and oxygen atoms in total. The second-order valence-electron chi connectivity index (χ2n) is 4.94. The molecule has 0 bridgehead atoms. The third kappa shape index (κ3) is 4.15. The summed E-state index contributed by atoms with van der Waals surface area (Å²) in [7, 11) is 0. The number of benzene rings is 1. The van der Waals surface area contributed by atoms with Gasteiger partial charge in [-0.3, -0.25) is 4.79 Å². The molecule has 1 rings (SSSR count). The van der Waals surface area contributed by atoms with Crippen molar-refractivity contribution in [3.63, 3.8) is 0 Å². The summed E-state index contributed by atoms with van der Waals surface area (Å²) < 4.78 is 0. The molecule has 0 saturated carbocycles. The van der Waals surface area contributed by atoms with Crippen LogP contribution in [0.15, 0.2) is 30.3 Å². The molecule has 0 heterocycles. The third-order valence-corrected chi connectivity index (χ3v) is 3.02. The normalized spacial score (nSPS) is 12.5. The molecule has 0 fully saturated rings. The van der Waals surface area contributed by atoms with Gasteiger partial charge in [-0.1, -0.05) is 43.7 Å². The predicted molar refractivity (Wildman–Crippen MR) is 75.0 cm³/mol. The maximum Gasteiger partial charge on any atom is 0.240 e. The molecule has 100 valence electrons. The van der Waals surface area contributed by atoms with E-state index in [0.29, 0.717) is 6.54 Å². The van der Waals surface area contributed by atoms with Crippen molar-refractivity contribution in [2.45, 2.75) is 52.2 Å². The van der Waals surface area contributed by atoms with Crippen molar-refractivity contribution in [2.75, 3.05) is 0 Å². The van der Waals surface area contributed by atoms with Crippen LogP contribution in [0.1, 0.15) is 39.2 Å². The Morgan fingerprint density at radius 3 is 2.39 bits per heavy atom. The molecule has 2 N–H and O–H groups in total. The van der Waals surface area contributed by atoms with E-state index >= 15 is 0 Å². The summed E-state index contributed by atoms with van der Waals surface area (Å²) in [6.07, 6.45) is 1.68. The van der Waals surface area contributed by atoms with Gasteiger partial charge in [0.2, 0.25) is 5.91 Å². The first-order valence-electron chi connectivity index (χ1n) is 6.66. The van der Waals surface area contributed by atoms with Crippen molar-refractivity contribution < 1.29 is 4.79 Å². The van der Waals surface area contributed by atoms with E-state index in [9.17, 15) is 4.79 Å². The minimum absolute atomic E-state index is 0.0516. The molecular weight excluding hydrogens is 224 g/mol. The van der Waals surface area contributed by atoms with Gasteiger partial charge in [-0.25, -0.2) is 0 Å². The van der Waals surface area contributed by atoms with Crippen LogP contribution in [-0.2, 0) is 11.3 Å². The van der Waals surface area contributed by atoms with Crippen LogP contribution in [0, 0.1) is 0 Å². The summed E-state index contributed by atoms with van der Waals surface area (Å²) >= 11 is 0. The predicted octanol–water partition coefficient (Wildman–Crippen LogP) is 2.55. The Balaban J connectivity index is 2.74. The van der Waals surface area contributed by atoms with Gasteiger partial charge in [0.25, 0.3) is 0 Å². The van der Waals surface area contributed by atoms with Gasteiger partial charge in [0.05, 0.1) is 6.04 Å². The van der Waals surface area contributed by atoms with Gasteiger partial charge < -0.3 is 10.6 Å². The van der Waals surface area contributed by atoms with Crippen LogP contribution < -0.4 is 5.73 Å². The monoisotopic (exact) mass is 248 g/mol. The molecule has 0 unspecified atom stereocenters. The minimum Gasteiger partial charge on any atom is -0.335 e. The minimum atomic E-state index is -0.374. The van der Waals surface area contributed by atoms with Crippen molar-refractivity contribution in [2.24, 2.45) is 5.73 Å². The Kier molecular flexibility index (Phi) is 5.86. The summed E-state index contributed by atoms with van der Waals surface area (Å²) in [6, 6.07) is 9.83. The van der Waals surface area contributed by atoms with Crippen LogP contribution in [-0.4, -0.2) is 22.9 Å². The van der Waals surface area contributed by atoms with Crippen LogP contribution in [0.3, 0.4) is 0 Å². The summed E-state index contributed by atoms with van der Waals surface area (Å²) in [5, 5.41) is 0. The first-order chi connectivity index (χ1) is 8.56. The molecule has 1 atom stereocenters. The molecule has 0 spiro atoms. The second-order valence-corrected chi connectivity index (χ2v) is 4.94. The smallest absolute Gasteiger partial charge is 0.240 e. The highest BCUT2D eigenvalue weighted by Crippen LogP contribution is 2.11. The molecule has 0 radical (unpaired) electrons. The summed E-state index contributed by atoms with van der Waals surface area (Å²) in [4.78, 5) is 14.1. The first-order valence-corrected chi connectivity index (χ1v) is 6.66. The highest BCUT2D eigenvalue weighted by atomic mass is 16.2. The van der Waals surface area contributed by atoms with Crippen LogP contribution in [0.4, 0.5) is 0 Å². The molecule has 1 amide bonds. The van der Waals surface area contributed by atoms with Crippen LogP contribution >= 0.6 is 0 Å². The Labute approximate surface area is 110 Å². The molecular formula is C15H24N2O. The molecule has 1 aromatic carbocycles. The van der Waals surface area contributed by atoms with Gasteiger partial charge in [0, 0.05) is 12.6 Å². The summed E-state index contributed by atoms with van der Waals surface area (Å²) in [6.45, 7) is 6.73. The van der Waals surface area contributed by atoms with Gasteiger partial charge >= 0.3 is 0 Å². The second kappa shape index (κ2) is 7.17. The summed E-state index contributed by atoms with van der Waals surface area (Å²) in [5.74, 6) is 0.0516. The molecule has 0 aromatic heterocycles. The number of carbonyl (C=O) groups is 1. The number of rotatable bonds is 6. The maximum absolute atomic E-state index is 12.3. The van der Waals surface area contributed by atoms with E-state index in [1.54, 1.807) is 0 Å². The average molecular weight is 248 g/mol. The Bertz CT molecular complexity index is 362. The van der Waals surface area contributed by atoms with Gasteiger partial charge in [-0.05, 0) is 25.8 Å². The van der Waals surface area contributed by atoms with Crippen LogP contribution in [0.25, 0.3) is 0 Å². The zero-order chi connectivity index (χ0) is 13.5. The van der Waals surface area contributed by atoms with Gasteiger partial charge in [-0.2, -0.15) is 0 Å². The van der Waals surface area contributed by atoms with Crippen molar-refractivity contribution in [3.8, 4) is 0 Å². The number of nitrogens with two attached hydrogens (primary N) is 1. The zero-order valence-corrected chi connectivity index (χ0v) is 11.6. The molecule has 18 heavy (non-hydrogen) atoms. The average Bonchev–Trinajstić information content (AvgIpc) is 2.36. The van der Waals surface area contributed by atoms with E-state index in [1.807, 2.05) is 56.0 Å². The Hall–Kier alpha value is -1.35. The van der Waals surface area contributed by atoms with Crippen molar-refractivity contribution in [1.29, 1.82) is 0 Å². The van der Waals surface area contributed by atoms with E-state index in [0.717, 1.165) is 18.4 Å². The maximum atomic E-state index is 12.3. The zero-order valence-electron chi connectivity index (χ0n) is 11.6. The number of hydrogen-bond acceptors (Lipinski definition) is 2. The van der Waals surface area contributed by atoms with Gasteiger partial charge in [0.1, 0.15) is 0 Å². The lowest BCUT2D eigenvalue weighted by molar-refractivity contribution is -0.135. The van der Waals surface area contributed by atoms with E-state index in [4.69, 9.17) is 5.73 Å². The van der Waals surface area contributed by atoms with Crippen LogP contribution in [0.5, 0.6) is 0 Å². The molecule has 0 aliphatic carbocycles. The van der Waals surface area contributed by atoms with E-state index < -0.39 is 0 Å². The third-order valence-electron chi connectivity index (χ3n) is 3.02. The molecule has 1 aromatic rings. The lowest BCUT2D eigenvalue weighted by Gasteiger charge is -2.29. The highest BCUT2D eigenvalue weighted by Gasteiger charge is 2.22. The van der Waals surface area contributed by atoms with Gasteiger partial charge in [-0.15, -0.1) is 0 Å². The van der Waals surface area contributed by atoms with E-state index in [1.165, 1.54) is 0 Å². The first kappa shape index (κ1) is 14.7. The fraction of sp³-hybridized carbons (Fsp3) is 0.533. The highest BCUT2D eigenvalue weighted by molar-refractivity contribution is 5.81. The molecule has 0 aliphatic heterocycles. The topological polar surface area (TPSA) is 46.3 Å². The Morgan fingerprint density at radius 2 is 1.89 bits per heavy atom. The fourth-order valence-corrected chi connectivity index (χ4v) is 1.94.